The highest BCUT2D eigenvalue weighted by molar-refractivity contribution is 7.85. The molecule has 8 heteroatoms. The van der Waals surface area contributed by atoms with Gasteiger partial charge in [0.1, 0.15) is 11.3 Å². The van der Waals surface area contributed by atoms with E-state index >= 15 is 0 Å². The minimum atomic E-state index is -1.39. The Balaban J connectivity index is 2.06. The number of nitrogens with one attached hydrogen (secondary N) is 2. The van der Waals surface area contributed by atoms with E-state index in [4.69, 9.17) is 28.6 Å². The first kappa shape index (κ1) is 19.4. The standard InChI is InChI=1S/C18H20Cl2N2O3S/c1-22-18(24)13(15(21)10-4-5-10)16(23)11-6-7-12(19)17(14(11)20)26(25)8-9-2-3-9/h6-7,9-10,21,23H,2-5,8H2,1H3,(H,22,24). The van der Waals surface area contributed by atoms with E-state index in [0.717, 1.165) is 25.7 Å². The van der Waals surface area contributed by atoms with Crippen molar-refractivity contribution in [1.29, 1.82) is 5.41 Å². The molecule has 2 fully saturated rings. The number of carbonyl (C=O) groups excluding carboxylic acids is 1. The SMILES string of the molecule is CNC(=O)C(C(=N)C1CC1)=C(O)c1ccc(Cl)c(S(=O)CC2CC2)c1Cl. The Labute approximate surface area is 164 Å². The van der Waals surface area contributed by atoms with Crippen LogP contribution in [0.1, 0.15) is 31.2 Å². The molecule has 0 radical (unpaired) electrons. The lowest BCUT2D eigenvalue weighted by molar-refractivity contribution is -0.116. The van der Waals surface area contributed by atoms with Gasteiger partial charge in [0.25, 0.3) is 5.91 Å². The largest absolute Gasteiger partial charge is 0.506 e. The van der Waals surface area contributed by atoms with E-state index in [-0.39, 0.29) is 43.5 Å². The predicted molar refractivity (Wildman–Crippen MR) is 105 cm³/mol. The first-order chi connectivity index (χ1) is 12.3. The van der Waals surface area contributed by atoms with Gasteiger partial charge in [-0.15, -0.1) is 0 Å². The van der Waals surface area contributed by atoms with E-state index in [9.17, 15) is 14.1 Å². The minimum Gasteiger partial charge on any atom is -0.506 e. The zero-order valence-corrected chi connectivity index (χ0v) is 16.6. The van der Waals surface area contributed by atoms with Crippen LogP contribution in [-0.2, 0) is 15.6 Å². The molecule has 0 spiro atoms. The second-order valence-corrected chi connectivity index (χ2v) is 8.90. The molecule has 26 heavy (non-hydrogen) atoms. The molecule has 1 aromatic carbocycles. The minimum absolute atomic E-state index is 0.0287. The molecule has 5 nitrogen and oxygen atoms in total. The maximum atomic E-state index is 12.6. The maximum Gasteiger partial charge on any atom is 0.256 e. The number of hydrogen-bond acceptors (Lipinski definition) is 4. The van der Waals surface area contributed by atoms with Crippen LogP contribution in [-0.4, -0.2) is 33.7 Å². The molecule has 1 amide bonds. The topological polar surface area (TPSA) is 90.2 Å². The highest BCUT2D eigenvalue weighted by atomic mass is 35.5. The van der Waals surface area contributed by atoms with Crippen molar-refractivity contribution < 1.29 is 14.1 Å². The van der Waals surface area contributed by atoms with Gasteiger partial charge in [0.05, 0.1) is 31.5 Å². The van der Waals surface area contributed by atoms with Crippen molar-refractivity contribution >= 4 is 51.4 Å². The van der Waals surface area contributed by atoms with E-state index in [1.165, 1.54) is 19.2 Å². The van der Waals surface area contributed by atoms with Gasteiger partial charge in [-0.1, -0.05) is 23.2 Å². The van der Waals surface area contributed by atoms with E-state index in [1.54, 1.807) is 0 Å². The van der Waals surface area contributed by atoms with Crippen molar-refractivity contribution in [2.45, 2.75) is 30.6 Å². The van der Waals surface area contributed by atoms with Crippen molar-refractivity contribution in [1.82, 2.24) is 5.32 Å². The van der Waals surface area contributed by atoms with Crippen molar-refractivity contribution in [3.8, 4) is 0 Å². The maximum absolute atomic E-state index is 12.6. The molecule has 0 aromatic heterocycles. The molecule has 140 valence electrons. The highest BCUT2D eigenvalue weighted by Crippen LogP contribution is 2.39. The first-order valence-electron chi connectivity index (χ1n) is 8.46. The number of carbonyl (C=O) groups is 1. The summed E-state index contributed by atoms with van der Waals surface area (Å²) in [5, 5.41) is 21.8. The van der Waals surface area contributed by atoms with Gasteiger partial charge >= 0.3 is 0 Å². The van der Waals surface area contributed by atoms with Crippen LogP contribution < -0.4 is 5.32 Å². The van der Waals surface area contributed by atoms with Crippen LogP contribution >= 0.6 is 23.2 Å². The van der Waals surface area contributed by atoms with Crippen molar-refractivity contribution in [2.24, 2.45) is 11.8 Å². The molecule has 1 unspecified atom stereocenters. The molecule has 1 aromatic rings. The van der Waals surface area contributed by atoms with Crippen LogP contribution in [0, 0.1) is 17.2 Å². The normalized spacial score (nSPS) is 18.9. The lowest BCUT2D eigenvalue weighted by Crippen LogP contribution is -2.27. The van der Waals surface area contributed by atoms with Gasteiger partial charge < -0.3 is 15.8 Å². The van der Waals surface area contributed by atoms with Crippen LogP contribution in [0.3, 0.4) is 0 Å². The summed E-state index contributed by atoms with van der Waals surface area (Å²) in [4.78, 5) is 12.5. The Morgan fingerprint density at radius 3 is 2.50 bits per heavy atom. The van der Waals surface area contributed by atoms with Gasteiger partial charge in [-0.3, -0.25) is 9.00 Å². The molecule has 3 N–H and O–H groups in total. The molecule has 0 aliphatic heterocycles. The van der Waals surface area contributed by atoms with Crippen LogP contribution in [0.15, 0.2) is 22.6 Å². The average molecular weight is 415 g/mol. The third-order valence-corrected chi connectivity index (χ3v) is 7.15. The smallest absolute Gasteiger partial charge is 0.256 e. The van der Waals surface area contributed by atoms with Gasteiger partial charge in [0, 0.05) is 24.3 Å². The van der Waals surface area contributed by atoms with Crippen LogP contribution in [0.5, 0.6) is 0 Å². The van der Waals surface area contributed by atoms with E-state index < -0.39 is 16.7 Å². The van der Waals surface area contributed by atoms with Crippen molar-refractivity contribution in [3.63, 3.8) is 0 Å². The Bertz CT molecular complexity index is 830. The third-order valence-electron chi connectivity index (χ3n) is 4.56. The summed E-state index contributed by atoms with van der Waals surface area (Å²) in [6, 6.07) is 3.00. The number of hydrogen-bond donors (Lipinski definition) is 3. The molecular formula is C18H20Cl2N2O3S. The molecule has 1 atom stereocenters. The number of halogens is 2. The van der Waals surface area contributed by atoms with Gasteiger partial charge in [-0.05, 0) is 43.7 Å². The number of benzene rings is 1. The number of aliphatic hydroxyl groups is 1. The molecule has 2 saturated carbocycles. The summed E-state index contributed by atoms with van der Waals surface area (Å²) in [5.41, 5.74) is 0.158. The van der Waals surface area contributed by atoms with E-state index in [2.05, 4.69) is 5.32 Å². The fraction of sp³-hybridized carbons (Fsp3) is 0.444. The lowest BCUT2D eigenvalue weighted by Gasteiger charge is -2.15. The number of amides is 1. The van der Waals surface area contributed by atoms with Gasteiger partial charge in [-0.2, -0.15) is 0 Å². The zero-order chi connectivity index (χ0) is 19.0. The fourth-order valence-corrected chi connectivity index (χ4v) is 5.20. The molecule has 0 bridgehead atoms. The summed E-state index contributed by atoms with van der Waals surface area (Å²) >= 11 is 12.6. The Kier molecular flexibility index (Phi) is 5.75. The van der Waals surface area contributed by atoms with Crippen LogP contribution in [0.25, 0.3) is 5.76 Å². The van der Waals surface area contributed by atoms with Crippen molar-refractivity contribution in [2.75, 3.05) is 12.8 Å². The van der Waals surface area contributed by atoms with E-state index in [1.807, 2.05) is 0 Å². The Hall–Kier alpha value is -1.37. The van der Waals surface area contributed by atoms with Crippen LogP contribution in [0.4, 0.5) is 0 Å². The Morgan fingerprint density at radius 1 is 1.31 bits per heavy atom. The lowest BCUT2D eigenvalue weighted by atomic mass is 10.0. The first-order valence-corrected chi connectivity index (χ1v) is 10.5. The number of aliphatic hydroxyl groups excluding tert-OH is 1. The third kappa shape index (κ3) is 3.97. The quantitative estimate of drug-likeness (QED) is 0.358. The molecule has 2 aliphatic carbocycles. The second-order valence-electron chi connectivity index (χ2n) is 6.68. The summed E-state index contributed by atoms with van der Waals surface area (Å²) in [6.07, 6.45) is 3.73. The van der Waals surface area contributed by atoms with Gasteiger partial charge in [0.2, 0.25) is 0 Å². The summed E-state index contributed by atoms with van der Waals surface area (Å²) in [7, 11) is 0.0542. The molecule has 2 aliphatic rings. The second kappa shape index (κ2) is 7.71. The monoisotopic (exact) mass is 414 g/mol. The number of likely N-dealkylation sites (N-methyl/N-ethyl adjacent to an activating group) is 1. The average Bonchev–Trinajstić information content (AvgIpc) is 3.48. The van der Waals surface area contributed by atoms with Crippen molar-refractivity contribution in [3.05, 3.63) is 33.3 Å². The van der Waals surface area contributed by atoms with Gasteiger partial charge in [0.15, 0.2) is 0 Å². The predicted octanol–water partition coefficient (Wildman–Crippen LogP) is 3.96. The molecular weight excluding hydrogens is 395 g/mol. The molecule has 3 rings (SSSR count). The van der Waals surface area contributed by atoms with E-state index in [0.29, 0.717) is 11.7 Å². The summed E-state index contributed by atoms with van der Waals surface area (Å²) < 4.78 is 12.6. The summed E-state index contributed by atoms with van der Waals surface area (Å²) in [5.74, 6) is -0.0639. The fourth-order valence-electron chi connectivity index (χ4n) is 2.70. The zero-order valence-electron chi connectivity index (χ0n) is 14.3. The Morgan fingerprint density at radius 2 is 1.96 bits per heavy atom. The molecule has 0 saturated heterocycles. The summed E-state index contributed by atoms with van der Waals surface area (Å²) in [6.45, 7) is 0. The number of rotatable bonds is 7. The van der Waals surface area contributed by atoms with Crippen LogP contribution in [0.2, 0.25) is 10.0 Å². The van der Waals surface area contributed by atoms with Gasteiger partial charge in [-0.25, -0.2) is 0 Å². The highest BCUT2D eigenvalue weighted by Gasteiger charge is 2.34. The molecule has 0 heterocycles.